The first-order valence-electron chi connectivity index (χ1n) is 6.92. The van der Waals surface area contributed by atoms with Gasteiger partial charge in [-0.1, -0.05) is 11.8 Å². The van der Waals surface area contributed by atoms with E-state index in [9.17, 15) is 9.18 Å². The number of hydrogen-bond acceptors (Lipinski definition) is 3. The Morgan fingerprint density at radius 1 is 1.57 bits per heavy atom. The Bertz CT molecular complexity index is 577. The van der Waals surface area contributed by atoms with Gasteiger partial charge in [0.1, 0.15) is 5.82 Å². The number of benzene rings is 1. The fraction of sp³-hybridized carbons (Fsp3) is 0.438. The minimum Gasteiger partial charge on any atom is -0.384 e. The monoisotopic (exact) mass is 290 g/mol. The molecule has 5 heteroatoms. The van der Waals surface area contributed by atoms with Crippen molar-refractivity contribution in [1.29, 1.82) is 0 Å². The zero-order valence-electron chi connectivity index (χ0n) is 12.1. The molecule has 2 rings (SSSR count). The van der Waals surface area contributed by atoms with Crippen molar-refractivity contribution in [3.8, 4) is 11.8 Å². The van der Waals surface area contributed by atoms with Crippen LogP contribution in [0.4, 0.5) is 4.39 Å². The van der Waals surface area contributed by atoms with Gasteiger partial charge in [-0.2, -0.15) is 0 Å². The molecule has 0 saturated carbocycles. The minimum absolute atomic E-state index is 0.0892. The van der Waals surface area contributed by atoms with Gasteiger partial charge in [0.25, 0.3) is 5.91 Å². The van der Waals surface area contributed by atoms with Crippen LogP contribution in [0.1, 0.15) is 22.3 Å². The summed E-state index contributed by atoms with van der Waals surface area (Å²) in [6.07, 6.45) is 0.890. The summed E-state index contributed by atoms with van der Waals surface area (Å²) in [6.45, 7) is 2.10. The summed E-state index contributed by atoms with van der Waals surface area (Å²) >= 11 is 0. The second-order valence-corrected chi connectivity index (χ2v) is 5.06. The van der Waals surface area contributed by atoms with Crippen molar-refractivity contribution in [1.82, 2.24) is 4.90 Å². The molecule has 1 aliphatic heterocycles. The van der Waals surface area contributed by atoms with Crippen LogP contribution in [0.25, 0.3) is 0 Å². The Balaban J connectivity index is 2.09. The Hall–Kier alpha value is -1.90. The topological polar surface area (TPSA) is 55.6 Å². The van der Waals surface area contributed by atoms with Gasteiger partial charge in [0.15, 0.2) is 0 Å². The summed E-state index contributed by atoms with van der Waals surface area (Å²) in [5.74, 6) is 4.92. The van der Waals surface area contributed by atoms with E-state index in [0.717, 1.165) is 6.42 Å². The highest BCUT2D eigenvalue weighted by atomic mass is 19.1. The molecular weight excluding hydrogens is 271 g/mol. The third kappa shape index (κ3) is 3.81. The number of likely N-dealkylation sites (tertiary alicyclic amines) is 1. The molecule has 0 bridgehead atoms. The van der Waals surface area contributed by atoms with Crippen LogP contribution in [0.2, 0.25) is 0 Å². The average Bonchev–Trinajstić information content (AvgIpc) is 2.93. The zero-order valence-corrected chi connectivity index (χ0v) is 12.1. The quantitative estimate of drug-likeness (QED) is 0.852. The van der Waals surface area contributed by atoms with Gasteiger partial charge in [-0.3, -0.25) is 4.79 Å². The molecule has 0 aromatic heterocycles. The lowest BCUT2D eigenvalue weighted by molar-refractivity contribution is 0.0771. The molecule has 0 aliphatic carbocycles. The predicted molar refractivity (Wildman–Crippen MR) is 78.2 cm³/mol. The van der Waals surface area contributed by atoms with Crippen molar-refractivity contribution < 1.29 is 13.9 Å². The van der Waals surface area contributed by atoms with Crippen LogP contribution in [0.3, 0.4) is 0 Å². The number of halogens is 1. The average molecular weight is 290 g/mol. The number of carbonyl (C=O) groups excluding carboxylic acids is 1. The third-order valence-corrected chi connectivity index (χ3v) is 3.51. The van der Waals surface area contributed by atoms with Crippen LogP contribution in [-0.2, 0) is 4.74 Å². The molecule has 1 heterocycles. The van der Waals surface area contributed by atoms with Crippen molar-refractivity contribution in [2.24, 2.45) is 11.7 Å². The minimum atomic E-state index is -0.543. The molecule has 1 aromatic carbocycles. The molecule has 1 aromatic rings. The number of rotatable bonds is 3. The molecule has 2 N–H and O–H groups in total. The number of hydrogen-bond donors (Lipinski definition) is 1. The molecule has 1 atom stereocenters. The maximum absolute atomic E-state index is 14.1. The van der Waals surface area contributed by atoms with Crippen molar-refractivity contribution in [3.05, 3.63) is 35.1 Å². The number of methoxy groups -OCH3 is 1. The van der Waals surface area contributed by atoms with Gasteiger partial charge in [-0.15, -0.1) is 0 Å². The van der Waals surface area contributed by atoms with E-state index in [1.807, 2.05) is 0 Å². The molecule has 21 heavy (non-hydrogen) atoms. The summed E-state index contributed by atoms with van der Waals surface area (Å²) < 4.78 is 19.2. The lowest BCUT2D eigenvalue weighted by Crippen LogP contribution is -2.30. The van der Waals surface area contributed by atoms with Crippen LogP contribution in [0, 0.1) is 23.6 Å². The molecule has 112 valence electrons. The van der Waals surface area contributed by atoms with Gasteiger partial charge in [0, 0.05) is 31.7 Å². The summed E-state index contributed by atoms with van der Waals surface area (Å²) in [6, 6.07) is 4.40. The Morgan fingerprint density at radius 3 is 3.05 bits per heavy atom. The van der Waals surface area contributed by atoms with E-state index in [2.05, 4.69) is 11.8 Å². The van der Waals surface area contributed by atoms with E-state index in [4.69, 9.17) is 10.5 Å². The Morgan fingerprint density at radius 2 is 2.38 bits per heavy atom. The molecule has 1 fully saturated rings. The van der Waals surface area contributed by atoms with E-state index < -0.39 is 5.82 Å². The van der Waals surface area contributed by atoms with E-state index >= 15 is 0 Å². The maximum atomic E-state index is 14.1. The van der Waals surface area contributed by atoms with E-state index in [1.54, 1.807) is 18.1 Å². The second-order valence-electron chi connectivity index (χ2n) is 5.06. The summed E-state index contributed by atoms with van der Waals surface area (Å²) in [4.78, 5) is 14.0. The lowest BCUT2D eigenvalue weighted by atomic mass is 10.1. The highest BCUT2D eigenvalue weighted by Crippen LogP contribution is 2.20. The molecule has 4 nitrogen and oxygen atoms in total. The highest BCUT2D eigenvalue weighted by molar-refractivity contribution is 5.94. The van der Waals surface area contributed by atoms with Crippen LogP contribution < -0.4 is 5.73 Å². The lowest BCUT2D eigenvalue weighted by Gasteiger charge is -2.17. The highest BCUT2D eigenvalue weighted by Gasteiger charge is 2.28. The zero-order chi connectivity index (χ0) is 15.2. The third-order valence-electron chi connectivity index (χ3n) is 3.51. The Labute approximate surface area is 124 Å². The number of nitrogens with two attached hydrogens (primary N) is 1. The Kier molecular flexibility index (Phi) is 5.32. The fourth-order valence-corrected chi connectivity index (χ4v) is 2.48. The first kappa shape index (κ1) is 15.5. The number of carbonyl (C=O) groups is 1. The van der Waals surface area contributed by atoms with Gasteiger partial charge in [-0.25, -0.2) is 4.39 Å². The molecular formula is C16H19FN2O2. The van der Waals surface area contributed by atoms with Crippen LogP contribution in [-0.4, -0.2) is 44.2 Å². The van der Waals surface area contributed by atoms with Gasteiger partial charge >= 0.3 is 0 Å². The fourth-order valence-electron chi connectivity index (χ4n) is 2.48. The van der Waals surface area contributed by atoms with E-state index in [-0.39, 0.29) is 18.0 Å². The molecule has 1 unspecified atom stereocenters. The first-order valence-corrected chi connectivity index (χ1v) is 6.92. The van der Waals surface area contributed by atoms with Crippen LogP contribution in [0.15, 0.2) is 18.2 Å². The van der Waals surface area contributed by atoms with Crippen LogP contribution in [0.5, 0.6) is 0 Å². The normalized spacial score (nSPS) is 17.5. The molecule has 1 saturated heterocycles. The number of amides is 1. The largest absolute Gasteiger partial charge is 0.384 e. The summed E-state index contributed by atoms with van der Waals surface area (Å²) in [5.41, 5.74) is 5.89. The maximum Gasteiger partial charge on any atom is 0.256 e. The molecule has 1 aliphatic rings. The molecule has 0 spiro atoms. The smallest absolute Gasteiger partial charge is 0.256 e. The summed E-state index contributed by atoms with van der Waals surface area (Å²) in [5, 5.41) is 0. The van der Waals surface area contributed by atoms with Gasteiger partial charge in [0.05, 0.1) is 18.7 Å². The molecule has 1 amide bonds. The second kappa shape index (κ2) is 7.21. The van der Waals surface area contributed by atoms with Crippen molar-refractivity contribution in [2.45, 2.75) is 6.42 Å². The number of ether oxygens (including phenoxy) is 1. The predicted octanol–water partition coefficient (Wildman–Crippen LogP) is 1.24. The van der Waals surface area contributed by atoms with Gasteiger partial charge in [0.2, 0.25) is 0 Å². The van der Waals surface area contributed by atoms with Crippen molar-refractivity contribution in [2.75, 3.05) is 33.4 Å². The summed E-state index contributed by atoms with van der Waals surface area (Å²) in [7, 11) is 1.64. The van der Waals surface area contributed by atoms with E-state index in [0.29, 0.717) is 31.2 Å². The SMILES string of the molecule is COCC1CCN(C(=O)c2ccc(C#CCN)cc2F)C1. The van der Waals surface area contributed by atoms with E-state index in [1.165, 1.54) is 12.1 Å². The standard InChI is InChI=1S/C16H19FN2O2/c1-21-11-13-6-8-19(10-13)16(20)14-5-4-12(3-2-7-18)9-15(14)17/h4-5,9,13H,6-8,10-11,18H2,1H3. The first-order chi connectivity index (χ1) is 10.2. The van der Waals surface area contributed by atoms with Crippen molar-refractivity contribution in [3.63, 3.8) is 0 Å². The van der Waals surface area contributed by atoms with Crippen molar-refractivity contribution >= 4 is 5.91 Å². The van der Waals surface area contributed by atoms with Gasteiger partial charge < -0.3 is 15.4 Å². The van der Waals surface area contributed by atoms with Crippen LogP contribution >= 0.6 is 0 Å². The molecule has 0 radical (unpaired) electrons. The number of nitrogens with zero attached hydrogens (tertiary/aromatic N) is 1. The van der Waals surface area contributed by atoms with Gasteiger partial charge in [-0.05, 0) is 24.6 Å².